The Labute approximate surface area is 194 Å². The van der Waals surface area contributed by atoms with Crippen molar-refractivity contribution in [2.75, 3.05) is 31.1 Å². The quantitative estimate of drug-likeness (QED) is 0.564. The summed E-state index contributed by atoms with van der Waals surface area (Å²) >= 11 is 0. The Hall–Kier alpha value is -3.13. The zero-order valence-electron chi connectivity index (χ0n) is 19.2. The molecule has 1 aliphatic rings. The molecule has 4 rings (SSSR count). The molecule has 1 amide bonds. The highest BCUT2D eigenvalue weighted by atomic mass is 32.2. The van der Waals surface area contributed by atoms with E-state index in [9.17, 15) is 13.2 Å². The molecule has 0 spiro atoms. The predicted octanol–water partition coefficient (Wildman–Crippen LogP) is 4.51. The minimum atomic E-state index is -3.64. The molecule has 174 valence electrons. The van der Waals surface area contributed by atoms with E-state index in [2.05, 4.69) is 9.88 Å². The molecule has 1 saturated heterocycles. The van der Waals surface area contributed by atoms with E-state index in [0.29, 0.717) is 19.6 Å². The van der Waals surface area contributed by atoms with Crippen molar-refractivity contribution in [1.82, 2.24) is 9.88 Å². The van der Waals surface area contributed by atoms with E-state index in [-0.39, 0.29) is 15.9 Å². The van der Waals surface area contributed by atoms with E-state index in [4.69, 9.17) is 4.74 Å². The molecular formula is C25H29N3O4S. The third-order valence-electron chi connectivity index (χ3n) is 5.52. The lowest BCUT2D eigenvalue weighted by Crippen LogP contribution is -2.39. The van der Waals surface area contributed by atoms with E-state index < -0.39 is 15.4 Å². The Bertz CT molecular complexity index is 1250. The van der Waals surface area contributed by atoms with E-state index in [1.165, 1.54) is 6.20 Å². The lowest BCUT2D eigenvalue weighted by molar-refractivity contribution is 0.0263. The van der Waals surface area contributed by atoms with Crippen LogP contribution in [0.25, 0.3) is 10.9 Å². The minimum Gasteiger partial charge on any atom is -0.444 e. The first-order valence-electron chi connectivity index (χ1n) is 11.1. The first kappa shape index (κ1) is 23.0. The fraction of sp³-hybridized carbons (Fsp3) is 0.360. The van der Waals surface area contributed by atoms with Gasteiger partial charge < -0.3 is 14.5 Å². The highest BCUT2D eigenvalue weighted by Gasteiger charge is 2.25. The van der Waals surface area contributed by atoms with Gasteiger partial charge in [0.2, 0.25) is 9.84 Å². The number of hydrogen-bond acceptors (Lipinski definition) is 6. The number of hydrogen-bond donors (Lipinski definition) is 0. The second kappa shape index (κ2) is 9.02. The highest BCUT2D eigenvalue weighted by molar-refractivity contribution is 7.91. The summed E-state index contributed by atoms with van der Waals surface area (Å²) in [6, 6.07) is 15.8. The first-order valence-corrected chi connectivity index (χ1v) is 12.6. The van der Waals surface area contributed by atoms with Gasteiger partial charge in [-0.05, 0) is 51.5 Å². The molecule has 2 aromatic carbocycles. The number of benzene rings is 2. The van der Waals surface area contributed by atoms with Crippen LogP contribution in [0.15, 0.2) is 70.6 Å². The average Bonchev–Trinajstić information content (AvgIpc) is 3.04. The van der Waals surface area contributed by atoms with E-state index in [0.717, 1.165) is 29.6 Å². The molecule has 3 aromatic rings. The number of para-hydroxylation sites is 1. The average molecular weight is 468 g/mol. The molecule has 1 aromatic heterocycles. The van der Waals surface area contributed by atoms with E-state index in [1.54, 1.807) is 41.3 Å². The molecule has 1 fully saturated rings. The maximum absolute atomic E-state index is 13.0. The standard InChI is InChI=1S/C25H29N3O4S/c1-25(2,3)32-24(29)28-14-8-13-27(15-16-28)22-12-7-9-19-17-21(18-26-23(19)22)33(30,31)20-10-5-4-6-11-20/h4-7,9-12,17-18H,8,13-16H2,1-3H3. The number of sulfone groups is 1. The first-order chi connectivity index (χ1) is 15.6. The summed E-state index contributed by atoms with van der Waals surface area (Å²) in [7, 11) is -3.64. The SMILES string of the molecule is CC(C)(C)OC(=O)N1CCCN(c2cccc3cc(S(=O)(=O)c4ccccc4)cnc23)CC1. The van der Waals surface area contributed by atoms with Crippen molar-refractivity contribution in [1.29, 1.82) is 0 Å². The summed E-state index contributed by atoms with van der Waals surface area (Å²) < 4.78 is 31.5. The van der Waals surface area contributed by atoms with Gasteiger partial charge in [-0.3, -0.25) is 4.98 Å². The second-order valence-electron chi connectivity index (χ2n) is 9.14. The van der Waals surface area contributed by atoms with Crippen molar-refractivity contribution in [3.05, 3.63) is 60.8 Å². The molecule has 2 heterocycles. The van der Waals surface area contributed by atoms with Crippen LogP contribution in [0.1, 0.15) is 27.2 Å². The Balaban J connectivity index is 1.59. The third-order valence-corrected chi connectivity index (χ3v) is 7.25. The van der Waals surface area contributed by atoms with Crippen LogP contribution in [0, 0.1) is 0 Å². The summed E-state index contributed by atoms with van der Waals surface area (Å²) in [6.45, 7) is 8.18. The van der Waals surface area contributed by atoms with Gasteiger partial charge in [0.15, 0.2) is 0 Å². The van der Waals surface area contributed by atoms with Crippen molar-refractivity contribution in [2.24, 2.45) is 0 Å². The maximum Gasteiger partial charge on any atom is 0.410 e. The van der Waals surface area contributed by atoms with Crippen LogP contribution in [-0.4, -0.2) is 56.2 Å². The molecule has 7 nitrogen and oxygen atoms in total. The van der Waals surface area contributed by atoms with E-state index in [1.807, 2.05) is 39.0 Å². The molecule has 0 unspecified atom stereocenters. The number of carbonyl (C=O) groups is 1. The molecule has 0 aliphatic carbocycles. The van der Waals surface area contributed by atoms with Gasteiger partial charge in [-0.25, -0.2) is 13.2 Å². The number of pyridine rings is 1. The molecule has 8 heteroatoms. The van der Waals surface area contributed by atoms with Crippen LogP contribution in [0.2, 0.25) is 0 Å². The zero-order chi connectivity index (χ0) is 23.6. The maximum atomic E-state index is 13.0. The summed E-state index contributed by atoms with van der Waals surface area (Å²) in [4.78, 5) is 21.4. The van der Waals surface area contributed by atoms with Crippen LogP contribution in [0.4, 0.5) is 10.5 Å². The van der Waals surface area contributed by atoms with Gasteiger partial charge in [0.05, 0.1) is 21.0 Å². The van der Waals surface area contributed by atoms with Crippen LogP contribution in [-0.2, 0) is 14.6 Å². The monoisotopic (exact) mass is 467 g/mol. The Morgan fingerprint density at radius 2 is 1.70 bits per heavy atom. The molecule has 0 atom stereocenters. The number of carbonyl (C=O) groups excluding carboxylic acids is 1. The summed E-state index contributed by atoms with van der Waals surface area (Å²) in [5, 5.41) is 0.762. The topological polar surface area (TPSA) is 79.8 Å². The van der Waals surface area contributed by atoms with Gasteiger partial charge >= 0.3 is 6.09 Å². The normalized spacial score (nSPS) is 15.4. The lowest BCUT2D eigenvalue weighted by atomic mass is 10.1. The number of anilines is 1. The Morgan fingerprint density at radius 1 is 0.939 bits per heavy atom. The lowest BCUT2D eigenvalue weighted by Gasteiger charge is -2.27. The summed E-state index contributed by atoms with van der Waals surface area (Å²) in [6.07, 6.45) is 1.94. The van der Waals surface area contributed by atoms with Gasteiger partial charge in [0, 0.05) is 37.8 Å². The number of aromatic nitrogens is 1. The number of ether oxygens (including phenoxy) is 1. The van der Waals surface area contributed by atoms with Crippen LogP contribution < -0.4 is 4.90 Å². The number of fused-ring (bicyclic) bond motifs is 1. The molecule has 0 radical (unpaired) electrons. The molecule has 0 bridgehead atoms. The number of nitrogens with zero attached hydrogens (tertiary/aromatic N) is 3. The van der Waals surface area contributed by atoms with Gasteiger partial charge in [0.1, 0.15) is 5.60 Å². The summed E-state index contributed by atoms with van der Waals surface area (Å²) in [5.74, 6) is 0. The fourth-order valence-electron chi connectivity index (χ4n) is 3.93. The van der Waals surface area contributed by atoms with Gasteiger partial charge in [0.25, 0.3) is 0 Å². The Morgan fingerprint density at radius 3 is 2.42 bits per heavy atom. The number of rotatable bonds is 3. The third kappa shape index (κ3) is 5.11. The summed E-state index contributed by atoms with van der Waals surface area (Å²) in [5.41, 5.74) is 1.15. The second-order valence-corrected chi connectivity index (χ2v) is 11.1. The minimum absolute atomic E-state index is 0.172. The smallest absolute Gasteiger partial charge is 0.410 e. The molecule has 0 saturated carbocycles. The highest BCUT2D eigenvalue weighted by Crippen LogP contribution is 2.29. The van der Waals surface area contributed by atoms with Crippen LogP contribution in [0.3, 0.4) is 0 Å². The van der Waals surface area contributed by atoms with Crippen molar-refractivity contribution < 1.29 is 17.9 Å². The Kier molecular flexibility index (Phi) is 6.30. The largest absolute Gasteiger partial charge is 0.444 e. The molecule has 1 aliphatic heterocycles. The van der Waals surface area contributed by atoms with Crippen molar-refractivity contribution in [3.63, 3.8) is 0 Å². The predicted molar refractivity (Wildman–Crippen MR) is 128 cm³/mol. The number of amides is 1. The van der Waals surface area contributed by atoms with Crippen molar-refractivity contribution in [2.45, 2.75) is 42.6 Å². The van der Waals surface area contributed by atoms with Crippen LogP contribution in [0.5, 0.6) is 0 Å². The molecule has 0 N–H and O–H groups in total. The van der Waals surface area contributed by atoms with Gasteiger partial charge in [-0.2, -0.15) is 0 Å². The van der Waals surface area contributed by atoms with E-state index >= 15 is 0 Å². The van der Waals surface area contributed by atoms with Crippen LogP contribution >= 0.6 is 0 Å². The van der Waals surface area contributed by atoms with Gasteiger partial charge in [-0.1, -0.05) is 30.3 Å². The van der Waals surface area contributed by atoms with Gasteiger partial charge in [-0.15, -0.1) is 0 Å². The van der Waals surface area contributed by atoms with Crippen molar-refractivity contribution >= 4 is 32.5 Å². The van der Waals surface area contributed by atoms with Crippen molar-refractivity contribution in [3.8, 4) is 0 Å². The molecule has 33 heavy (non-hydrogen) atoms. The fourth-order valence-corrected chi connectivity index (χ4v) is 5.19. The molecular weight excluding hydrogens is 438 g/mol. The zero-order valence-corrected chi connectivity index (χ0v) is 20.0.